The van der Waals surface area contributed by atoms with E-state index >= 15 is 0 Å². The summed E-state index contributed by atoms with van der Waals surface area (Å²) in [6.07, 6.45) is 1.35. The lowest BCUT2D eigenvalue weighted by Crippen LogP contribution is -2.30. The summed E-state index contributed by atoms with van der Waals surface area (Å²) in [5.41, 5.74) is 5.32. The summed E-state index contributed by atoms with van der Waals surface area (Å²) in [7, 11) is -4.00. The maximum atomic E-state index is 11.1. The quantitative estimate of drug-likeness (QED) is 0.573. The van der Waals surface area contributed by atoms with Crippen LogP contribution in [0, 0.1) is 0 Å². The summed E-state index contributed by atoms with van der Waals surface area (Å²) in [5, 5.41) is -0.887. The molecule has 0 unspecified atom stereocenters. The predicted octanol–water partition coefficient (Wildman–Crippen LogP) is 1.07. The smallest absolute Gasteiger partial charge is 0.330 e. The summed E-state index contributed by atoms with van der Waals surface area (Å²) in [5.74, 6) is 0. The van der Waals surface area contributed by atoms with Crippen LogP contribution in [0.5, 0.6) is 0 Å². The van der Waals surface area contributed by atoms with Crippen LogP contribution in [0.1, 0.15) is 33.1 Å². The molecular formula is C7H18NO3P. The van der Waals surface area contributed by atoms with Gasteiger partial charge in [0.05, 0.1) is 5.16 Å². The minimum absolute atomic E-state index is 0.326. The molecule has 0 fully saturated rings. The first-order valence-corrected chi connectivity index (χ1v) is 5.80. The van der Waals surface area contributed by atoms with E-state index < -0.39 is 12.8 Å². The van der Waals surface area contributed by atoms with Crippen molar-refractivity contribution >= 4 is 7.60 Å². The van der Waals surface area contributed by atoms with E-state index in [1.807, 2.05) is 0 Å². The van der Waals surface area contributed by atoms with Crippen molar-refractivity contribution in [3.05, 3.63) is 0 Å². The highest BCUT2D eigenvalue weighted by molar-refractivity contribution is 7.53. The number of nitrogens with two attached hydrogens (primary N) is 1. The third kappa shape index (κ3) is 2.30. The molecule has 12 heavy (non-hydrogen) atoms. The first kappa shape index (κ1) is 12.1. The molecular weight excluding hydrogens is 177 g/mol. The van der Waals surface area contributed by atoms with Gasteiger partial charge < -0.3 is 15.5 Å². The molecule has 0 bridgehead atoms. The zero-order chi connectivity index (χ0) is 9.83. The second kappa shape index (κ2) is 4.38. The fourth-order valence-corrected chi connectivity index (χ4v) is 2.67. The van der Waals surface area contributed by atoms with Crippen molar-refractivity contribution in [2.45, 2.75) is 38.3 Å². The SMILES string of the molecule is CCC(CC)(CCN)P(=O)(O)O. The van der Waals surface area contributed by atoms with Crippen molar-refractivity contribution in [2.24, 2.45) is 5.73 Å². The molecule has 4 N–H and O–H groups in total. The molecule has 0 aromatic rings. The van der Waals surface area contributed by atoms with E-state index in [-0.39, 0.29) is 0 Å². The van der Waals surface area contributed by atoms with Gasteiger partial charge in [0.1, 0.15) is 0 Å². The minimum Gasteiger partial charge on any atom is -0.330 e. The molecule has 0 saturated heterocycles. The lowest BCUT2D eigenvalue weighted by atomic mass is 9.98. The Hall–Kier alpha value is 0.110. The molecule has 0 aliphatic heterocycles. The molecule has 74 valence electrons. The van der Waals surface area contributed by atoms with Gasteiger partial charge in [0.25, 0.3) is 0 Å². The summed E-state index contributed by atoms with van der Waals surface area (Å²) in [6, 6.07) is 0. The Bertz CT molecular complexity index is 173. The van der Waals surface area contributed by atoms with E-state index in [1.165, 1.54) is 0 Å². The van der Waals surface area contributed by atoms with E-state index in [0.717, 1.165) is 0 Å². The van der Waals surface area contributed by atoms with Crippen LogP contribution >= 0.6 is 7.60 Å². The van der Waals surface area contributed by atoms with Crippen LogP contribution in [-0.4, -0.2) is 21.5 Å². The second-order valence-corrected chi connectivity index (χ2v) is 5.05. The van der Waals surface area contributed by atoms with Crippen molar-refractivity contribution in [3.63, 3.8) is 0 Å². The van der Waals surface area contributed by atoms with Gasteiger partial charge in [-0.3, -0.25) is 4.57 Å². The Balaban J connectivity index is 4.70. The topological polar surface area (TPSA) is 83.6 Å². The molecule has 0 heterocycles. The minimum atomic E-state index is -4.00. The molecule has 0 atom stereocenters. The van der Waals surface area contributed by atoms with Crippen LogP contribution in [0.25, 0.3) is 0 Å². The van der Waals surface area contributed by atoms with Crippen molar-refractivity contribution in [1.82, 2.24) is 0 Å². The first-order valence-electron chi connectivity index (χ1n) is 4.19. The van der Waals surface area contributed by atoms with Gasteiger partial charge in [-0.2, -0.15) is 0 Å². The maximum absolute atomic E-state index is 11.1. The average Bonchev–Trinajstić information content (AvgIpc) is 1.98. The summed E-state index contributed by atoms with van der Waals surface area (Å²) in [4.78, 5) is 18.2. The van der Waals surface area contributed by atoms with Gasteiger partial charge in [-0.15, -0.1) is 0 Å². The Morgan fingerprint density at radius 2 is 1.75 bits per heavy atom. The van der Waals surface area contributed by atoms with Gasteiger partial charge >= 0.3 is 7.60 Å². The highest BCUT2D eigenvalue weighted by Crippen LogP contribution is 2.56. The van der Waals surface area contributed by atoms with Gasteiger partial charge in [0.15, 0.2) is 0 Å². The lowest BCUT2D eigenvalue weighted by molar-refractivity contribution is 0.306. The monoisotopic (exact) mass is 195 g/mol. The average molecular weight is 195 g/mol. The van der Waals surface area contributed by atoms with Crippen molar-refractivity contribution in [1.29, 1.82) is 0 Å². The van der Waals surface area contributed by atoms with Crippen LogP contribution in [0.2, 0.25) is 0 Å². The number of hydrogen-bond donors (Lipinski definition) is 3. The van der Waals surface area contributed by atoms with Crippen molar-refractivity contribution in [2.75, 3.05) is 6.54 Å². The molecule has 0 radical (unpaired) electrons. The molecule has 0 rings (SSSR count). The van der Waals surface area contributed by atoms with Crippen molar-refractivity contribution in [3.8, 4) is 0 Å². The second-order valence-electron chi connectivity index (χ2n) is 3.01. The molecule has 0 aliphatic rings. The van der Waals surface area contributed by atoms with Crippen LogP contribution in [-0.2, 0) is 4.57 Å². The van der Waals surface area contributed by atoms with Gasteiger partial charge in [-0.1, -0.05) is 13.8 Å². The van der Waals surface area contributed by atoms with Crippen molar-refractivity contribution < 1.29 is 14.4 Å². The highest BCUT2D eigenvalue weighted by Gasteiger charge is 2.42. The molecule has 0 aliphatic carbocycles. The fourth-order valence-electron chi connectivity index (χ4n) is 1.43. The largest absolute Gasteiger partial charge is 0.331 e. The van der Waals surface area contributed by atoms with E-state index in [9.17, 15) is 4.57 Å². The summed E-state index contributed by atoms with van der Waals surface area (Å²) >= 11 is 0. The Morgan fingerprint density at radius 3 is 1.83 bits per heavy atom. The zero-order valence-electron chi connectivity index (χ0n) is 7.66. The zero-order valence-corrected chi connectivity index (χ0v) is 8.55. The molecule has 0 saturated carbocycles. The predicted molar refractivity (Wildman–Crippen MR) is 49.0 cm³/mol. The Labute approximate surface area is 73.3 Å². The standard InChI is InChI=1S/C7H18NO3P/c1-3-7(4-2,5-6-8)12(9,10)11/h3-6,8H2,1-2H3,(H2,9,10,11). The highest BCUT2D eigenvalue weighted by atomic mass is 31.2. The maximum Gasteiger partial charge on any atom is 0.331 e. The molecule has 0 aromatic carbocycles. The molecule has 0 spiro atoms. The van der Waals surface area contributed by atoms with E-state index in [2.05, 4.69) is 0 Å². The normalized spacial score (nSPS) is 13.4. The molecule has 4 nitrogen and oxygen atoms in total. The number of hydrogen-bond acceptors (Lipinski definition) is 2. The van der Waals surface area contributed by atoms with E-state index in [4.69, 9.17) is 15.5 Å². The summed E-state index contributed by atoms with van der Waals surface area (Å²) in [6.45, 7) is 3.91. The lowest BCUT2D eigenvalue weighted by Gasteiger charge is -2.31. The third-order valence-electron chi connectivity index (χ3n) is 2.54. The van der Waals surface area contributed by atoms with Crippen LogP contribution in [0.4, 0.5) is 0 Å². The first-order chi connectivity index (χ1) is 5.43. The van der Waals surface area contributed by atoms with Gasteiger partial charge in [-0.25, -0.2) is 0 Å². The third-order valence-corrected chi connectivity index (χ3v) is 4.64. The van der Waals surface area contributed by atoms with Gasteiger partial charge in [0, 0.05) is 0 Å². The van der Waals surface area contributed by atoms with Gasteiger partial charge in [-0.05, 0) is 25.8 Å². The Morgan fingerprint density at radius 1 is 1.33 bits per heavy atom. The van der Waals surface area contributed by atoms with Crippen LogP contribution in [0.15, 0.2) is 0 Å². The Kier molecular flexibility index (Phi) is 4.42. The molecule has 0 amide bonds. The molecule has 0 aromatic heterocycles. The van der Waals surface area contributed by atoms with Gasteiger partial charge in [0.2, 0.25) is 0 Å². The van der Waals surface area contributed by atoms with Crippen LogP contribution in [0.3, 0.4) is 0 Å². The fraction of sp³-hybridized carbons (Fsp3) is 1.00. The number of rotatable bonds is 5. The van der Waals surface area contributed by atoms with Crippen LogP contribution < -0.4 is 5.73 Å². The molecule has 5 heteroatoms. The van der Waals surface area contributed by atoms with E-state index in [1.54, 1.807) is 13.8 Å². The summed E-state index contributed by atoms with van der Waals surface area (Å²) < 4.78 is 11.1. The van der Waals surface area contributed by atoms with E-state index in [0.29, 0.717) is 25.8 Å².